The third kappa shape index (κ3) is 3.55. The van der Waals surface area contributed by atoms with Crippen LogP contribution in [0.3, 0.4) is 0 Å². The first-order valence-electron chi connectivity index (χ1n) is 12.2. The largest absolute Gasteiger partial charge is 0.508 e. The molecule has 3 heterocycles. The third-order valence-electron chi connectivity index (χ3n) is 7.31. The van der Waals surface area contributed by atoms with E-state index in [1.54, 1.807) is 23.1 Å². The first-order chi connectivity index (χ1) is 16.8. The second-order valence-electron chi connectivity index (χ2n) is 9.63. The van der Waals surface area contributed by atoms with Crippen molar-refractivity contribution in [2.24, 2.45) is 0 Å². The Balaban J connectivity index is 1.73. The quantitative estimate of drug-likeness (QED) is 0.505. The molecule has 2 aromatic carbocycles. The molecule has 1 saturated heterocycles. The molecule has 2 aliphatic rings. The Kier molecular flexibility index (Phi) is 5.71. The van der Waals surface area contributed by atoms with Gasteiger partial charge in [-0.05, 0) is 68.9 Å². The highest BCUT2D eigenvalue weighted by Crippen LogP contribution is 2.50. The number of phenolic OH excluding ortho intramolecular Hbond substituents is 1. The van der Waals surface area contributed by atoms with Crippen molar-refractivity contribution in [3.05, 3.63) is 59.3 Å². The van der Waals surface area contributed by atoms with Gasteiger partial charge in [0.15, 0.2) is 0 Å². The Labute approximate surface area is 205 Å². The lowest BCUT2D eigenvalue weighted by Crippen LogP contribution is -2.55. The molecule has 2 N–H and O–H groups in total. The Morgan fingerprint density at radius 2 is 1.97 bits per heavy atom. The van der Waals surface area contributed by atoms with Crippen LogP contribution in [0.2, 0.25) is 0 Å². The van der Waals surface area contributed by atoms with Gasteiger partial charge in [0.05, 0.1) is 6.61 Å². The number of likely N-dealkylation sites (N-methyl/N-ethyl adjacent to an activating group) is 1. The summed E-state index contributed by atoms with van der Waals surface area (Å²) in [5, 5.41) is 11.3. The van der Waals surface area contributed by atoms with E-state index in [0.717, 1.165) is 33.5 Å². The number of H-pyrrole nitrogens is 1. The van der Waals surface area contributed by atoms with Crippen LogP contribution in [0.15, 0.2) is 42.5 Å². The first kappa shape index (κ1) is 23.2. The van der Waals surface area contributed by atoms with Crippen LogP contribution in [-0.4, -0.2) is 76.1 Å². The zero-order chi connectivity index (χ0) is 24.9. The SMILES string of the molecule is CCOc1ccc2[nH]c3c(c2c1)CC1(CC)C(=O)N(CCN(C)C)C(=O)N1C3c1cccc(O)c1. The van der Waals surface area contributed by atoms with Gasteiger partial charge in [-0.3, -0.25) is 14.6 Å². The van der Waals surface area contributed by atoms with Crippen molar-refractivity contribution in [2.75, 3.05) is 33.8 Å². The highest BCUT2D eigenvalue weighted by molar-refractivity contribution is 6.08. The number of ether oxygens (including phenoxy) is 1. The predicted molar refractivity (Wildman–Crippen MR) is 134 cm³/mol. The maximum absolute atomic E-state index is 14.0. The monoisotopic (exact) mass is 476 g/mol. The van der Waals surface area contributed by atoms with Gasteiger partial charge in [0.25, 0.3) is 5.91 Å². The predicted octanol–water partition coefficient (Wildman–Crippen LogP) is 3.89. The van der Waals surface area contributed by atoms with Gasteiger partial charge < -0.3 is 19.7 Å². The summed E-state index contributed by atoms with van der Waals surface area (Å²) in [5.74, 6) is 0.733. The lowest BCUT2D eigenvalue weighted by atomic mass is 9.78. The number of phenols is 1. The summed E-state index contributed by atoms with van der Waals surface area (Å²) < 4.78 is 5.76. The van der Waals surface area contributed by atoms with E-state index in [0.29, 0.717) is 32.5 Å². The number of carbonyl (C=O) groups excluding carboxylic acids is 2. The number of fused-ring (bicyclic) bond motifs is 4. The van der Waals surface area contributed by atoms with Crippen LogP contribution < -0.4 is 4.74 Å². The minimum Gasteiger partial charge on any atom is -0.508 e. The minimum atomic E-state index is -0.997. The smallest absolute Gasteiger partial charge is 0.328 e. The number of aromatic nitrogens is 1. The van der Waals surface area contributed by atoms with Gasteiger partial charge in [-0.2, -0.15) is 0 Å². The number of nitrogens with zero attached hydrogens (tertiary/aromatic N) is 3. The minimum absolute atomic E-state index is 0.119. The summed E-state index contributed by atoms with van der Waals surface area (Å²) >= 11 is 0. The molecule has 2 atom stereocenters. The summed E-state index contributed by atoms with van der Waals surface area (Å²) in [4.78, 5) is 36.5. The van der Waals surface area contributed by atoms with Crippen molar-refractivity contribution >= 4 is 22.8 Å². The highest BCUT2D eigenvalue weighted by atomic mass is 16.5. The third-order valence-corrected chi connectivity index (χ3v) is 7.31. The molecule has 8 nitrogen and oxygen atoms in total. The molecule has 2 unspecified atom stereocenters. The van der Waals surface area contributed by atoms with E-state index in [4.69, 9.17) is 4.74 Å². The number of aromatic amines is 1. The van der Waals surface area contributed by atoms with Crippen molar-refractivity contribution in [3.63, 3.8) is 0 Å². The van der Waals surface area contributed by atoms with Crippen molar-refractivity contribution in [3.8, 4) is 11.5 Å². The van der Waals surface area contributed by atoms with Gasteiger partial charge in [-0.1, -0.05) is 19.1 Å². The number of rotatable bonds is 7. The van der Waals surface area contributed by atoms with E-state index in [-0.39, 0.29) is 17.7 Å². The molecule has 0 spiro atoms. The highest BCUT2D eigenvalue weighted by Gasteiger charge is 2.61. The molecule has 5 rings (SSSR count). The van der Waals surface area contributed by atoms with E-state index in [2.05, 4.69) is 4.98 Å². The summed E-state index contributed by atoms with van der Waals surface area (Å²) in [5.41, 5.74) is 2.59. The molecule has 0 bridgehead atoms. The molecule has 8 heteroatoms. The second-order valence-corrected chi connectivity index (χ2v) is 9.63. The van der Waals surface area contributed by atoms with E-state index < -0.39 is 11.6 Å². The van der Waals surface area contributed by atoms with Crippen LogP contribution in [0, 0.1) is 0 Å². The van der Waals surface area contributed by atoms with Crippen molar-refractivity contribution in [1.82, 2.24) is 19.7 Å². The maximum atomic E-state index is 14.0. The van der Waals surface area contributed by atoms with Crippen LogP contribution in [0.1, 0.15) is 43.1 Å². The molecule has 1 fully saturated rings. The summed E-state index contributed by atoms with van der Waals surface area (Å²) in [7, 11) is 3.85. The van der Waals surface area contributed by atoms with Crippen molar-refractivity contribution in [1.29, 1.82) is 0 Å². The Morgan fingerprint density at radius 3 is 2.66 bits per heavy atom. The fourth-order valence-electron chi connectivity index (χ4n) is 5.58. The topological polar surface area (TPSA) is 89.1 Å². The summed E-state index contributed by atoms with van der Waals surface area (Å²) in [6.07, 6.45) is 0.912. The molecular formula is C27H32N4O4. The maximum Gasteiger partial charge on any atom is 0.328 e. The van der Waals surface area contributed by atoms with Crippen LogP contribution in [0.4, 0.5) is 4.79 Å². The van der Waals surface area contributed by atoms with Gasteiger partial charge in [0.2, 0.25) is 0 Å². The van der Waals surface area contributed by atoms with Crippen LogP contribution in [0.25, 0.3) is 10.9 Å². The standard InChI is InChI=1S/C27H32N4O4/c1-5-27-16-21-20-15-19(35-6-2)10-11-22(20)28-23(21)24(17-8-7-9-18(32)14-17)31(27)26(34)30(25(27)33)13-12-29(3)4/h7-11,14-15,24,28,32H,5-6,12-13,16H2,1-4H3. The van der Waals surface area contributed by atoms with Gasteiger partial charge >= 0.3 is 6.03 Å². The molecule has 0 radical (unpaired) electrons. The van der Waals surface area contributed by atoms with Gasteiger partial charge in [-0.15, -0.1) is 0 Å². The van der Waals surface area contributed by atoms with Crippen LogP contribution in [-0.2, 0) is 11.2 Å². The average Bonchev–Trinajstić information content (AvgIpc) is 3.29. The molecule has 0 aliphatic carbocycles. The number of benzene rings is 2. The number of carbonyl (C=O) groups is 2. The Morgan fingerprint density at radius 1 is 1.17 bits per heavy atom. The zero-order valence-corrected chi connectivity index (χ0v) is 20.7. The van der Waals surface area contributed by atoms with Crippen LogP contribution in [0.5, 0.6) is 11.5 Å². The molecule has 1 aromatic heterocycles. The zero-order valence-electron chi connectivity index (χ0n) is 20.7. The lowest BCUT2D eigenvalue weighted by molar-refractivity contribution is -0.134. The fourth-order valence-corrected chi connectivity index (χ4v) is 5.58. The average molecular weight is 477 g/mol. The van der Waals surface area contributed by atoms with E-state index in [1.165, 1.54) is 4.90 Å². The number of aromatic hydroxyl groups is 1. The van der Waals surface area contributed by atoms with Crippen molar-refractivity contribution < 1.29 is 19.4 Å². The van der Waals surface area contributed by atoms with Crippen LogP contribution >= 0.6 is 0 Å². The number of hydrogen-bond acceptors (Lipinski definition) is 5. The molecule has 3 aromatic rings. The summed E-state index contributed by atoms with van der Waals surface area (Å²) in [6, 6.07) is 12.1. The van der Waals surface area contributed by atoms with Crippen molar-refractivity contribution in [2.45, 2.75) is 38.3 Å². The number of nitrogens with one attached hydrogen (secondary N) is 1. The van der Waals surface area contributed by atoms with Gasteiger partial charge in [0.1, 0.15) is 23.1 Å². The molecule has 35 heavy (non-hydrogen) atoms. The van der Waals surface area contributed by atoms with Gasteiger partial charge in [0, 0.05) is 36.1 Å². The number of amides is 3. The summed E-state index contributed by atoms with van der Waals surface area (Å²) in [6.45, 7) is 5.40. The van der Waals surface area contributed by atoms with Gasteiger partial charge in [-0.25, -0.2) is 4.79 Å². The molecule has 2 aliphatic heterocycles. The normalized spacial score (nSPS) is 21.7. The van der Waals surface area contributed by atoms with E-state index in [9.17, 15) is 14.7 Å². The molecular weight excluding hydrogens is 444 g/mol. The first-order valence-corrected chi connectivity index (χ1v) is 12.2. The van der Waals surface area contributed by atoms with E-state index >= 15 is 0 Å². The fraction of sp³-hybridized carbons (Fsp3) is 0.407. The Bertz CT molecular complexity index is 1300. The molecule has 3 amide bonds. The lowest BCUT2D eigenvalue weighted by Gasteiger charge is -2.44. The number of imide groups is 1. The number of hydrogen-bond donors (Lipinski definition) is 2. The van der Waals surface area contributed by atoms with E-state index in [1.807, 2.05) is 57.1 Å². The molecule has 184 valence electrons. The second kappa shape index (κ2) is 8.61. The number of urea groups is 1. The Hall–Kier alpha value is -3.52. The molecule has 0 saturated carbocycles.